The minimum Gasteiger partial charge on any atom is -0.387 e. The molecule has 0 fully saturated rings. The van der Waals surface area contributed by atoms with Crippen LogP contribution < -0.4 is 5.32 Å². The molecule has 0 bridgehead atoms. The summed E-state index contributed by atoms with van der Waals surface area (Å²) in [6.07, 6.45) is -0.642. The number of aryl methyl sites for hydroxylation is 1. The number of aromatic nitrogens is 2. The Morgan fingerprint density at radius 2 is 2.16 bits per heavy atom. The number of aliphatic hydroxyl groups excluding tert-OH is 1. The zero-order valence-corrected chi connectivity index (χ0v) is 10.5. The van der Waals surface area contributed by atoms with Crippen molar-refractivity contribution in [3.05, 3.63) is 47.1 Å². The minimum atomic E-state index is -0.642. The molecule has 6 heteroatoms. The first-order valence-corrected chi connectivity index (χ1v) is 5.87. The van der Waals surface area contributed by atoms with Crippen molar-refractivity contribution < 1.29 is 9.63 Å². The third-order valence-electron chi connectivity index (χ3n) is 2.61. The number of rotatable bonds is 5. The molecule has 19 heavy (non-hydrogen) atoms. The second-order valence-electron chi connectivity index (χ2n) is 4.12. The van der Waals surface area contributed by atoms with E-state index in [1.54, 1.807) is 31.2 Å². The number of hydrogen-bond acceptors (Lipinski definition) is 6. The Balaban J connectivity index is 1.83. The standard InChI is InChI=1S/C13H14N4O2/c1-9-16-13(19-17-9)8-15-7-12(18)11-4-2-10(6-14)3-5-11/h2-5,12,15,18H,7-8H2,1H3. The van der Waals surface area contributed by atoms with Crippen LogP contribution in [0, 0.1) is 18.3 Å². The van der Waals surface area contributed by atoms with Crippen molar-refractivity contribution in [1.29, 1.82) is 5.26 Å². The summed E-state index contributed by atoms with van der Waals surface area (Å²) >= 11 is 0. The van der Waals surface area contributed by atoms with E-state index in [4.69, 9.17) is 9.78 Å². The summed E-state index contributed by atoms with van der Waals surface area (Å²) in [6, 6.07) is 8.87. The summed E-state index contributed by atoms with van der Waals surface area (Å²) in [7, 11) is 0. The van der Waals surface area contributed by atoms with Gasteiger partial charge in [0.2, 0.25) is 5.89 Å². The molecule has 98 valence electrons. The van der Waals surface area contributed by atoms with Crippen LogP contribution in [0.25, 0.3) is 0 Å². The van der Waals surface area contributed by atoms with Gasteiger partial charge in [-0.05, 0) is 24.6 Å². The Labute approximate surface area is 110 Å². The van der Waals surface area contributed by atoms with Crippen LogP contribution in [-0.2, 0) is 6.54 Å². The maximum Gasteiger partial charge on any atom is 0.240 e. The fraction of sp³-hybridized carbons (Fsp3) is 0.308. The number of nitrogens with one attached hydrogen (secondary N) is 1. The smallest absolute Gasteiger partial charge is 0.240 e. The molecule has 1 atom stereocenters. The number of hydrogen-bond donors (Lipinski definition) is 2. The van der Waals surface area contributed by atoms with Crippen molar-refractivity contribution in [2.24, 2.45) is 0 Å². The predicted molar refractivity (Wildman–Crippen MR) is 66.9 cm³/mol. The molecule has 6 nitrogen and oxygen atoms in total. The molecule has 1 heterocycles. The average molecular weight is 258 g/mol. The van der Waals surface area contributed by atoms with Gasteiger partial charge < -0.3 is 14.9 Å². The summed E-state index contributed by atoms with van der Waals surface area (Å²) in [5, 5.41) is 25.3. The van der Waals surface area contributed by atoms with Gasteiger partial charge in [0.05, 0.1) is 24.3 Å². The third kappa shape index (κ3) is 3.61. The van der Waals surface area contributed by atoms with Crippen LogP contribution in [-0.4, -0.2) is 21.8 Å². The lowest BCUT2D eigenvalue weighted by Gasteiger charge is -2.11. The van der Waals surface area contributed by atoms with Crippen molar-refractivity contribution in [3.63, 3.8) is 0 Å². The normalized spacial score (nSPS) is 12.1. The molecule has 1 unspecified atom stereocenters. The first-order chi connectivity index (χ1) is 9.19. The Kier molecular flexibility index (Phi) is 4.23. The summed E-state index contributed by atoms with van der Waals surface area (Å²) < 4.78 is 4.94. The van der Waals surface area contributed by atoms with E-state index in [9.17, 15) is 5.11 Å². The summed E-state index contributed by atoms with van der Waals surface area (Å²) in [5.41, 5.74) is 1.33. The highest BCUT2D eigenvalue weighted by Crippen LogP contribution is 2.12. The Morgan fingerprint density at radius 1 is 1.42 bits per heavy atom. The lowest BCUT2D eigenvalue weighted by molar-refractivity contribution is 0.172. The van der Waals surface area contributed by atoms with Crippen LogP contribution in [0.5, 0.6) is 0 Å². The summed E-state index contributed by atoms with van der Waals surface area (Å²) in [4.78, 5) is 4.04. The fourth-order valence-electron chi connectivity index (χ4n) is 1.63. The van der Waals surface area contributed by atoms with Crippen LogP contribution in [0.15, 0.2) is 28.8 Å². The molecule has 0 saturated heterocycles. The van der Waals surface area contributed by atoms with E-state index >= 15 is 0 Å². The summed E-state index contributed by atoms with van der Waals surface area (Å²) in [6.45, 7) is 2.53. The van der Waals surface area contributed by atoms with E-state index in [1.165, 1.54) is 0 Å². The molecule has 2 N–H and O–H groups in total. The molecule has 0 saturated carbocycles. The maximum absolute atomic E-state index is 9.96. The Hall–Kier alpha value is -2.23. The Morgan fingerprint density at radius 3 is 2.74 bits per heavy atom. The monoisotopic (exact) mass is 258 g/mol. The predicted octanol–water partition coefficient (Wildman–Crippen LogP) is 1.07. The van der Waals surface area contributed by atoms with Gasteiger partial charge in [-0.2, -0.15) is 10.2 Å². The highest BCUT2D eigenvalue weighted by Gasteiger charge is 2.08. The number of nitriles is 1. The van der Waals surface area contributed by atoms with Gasteiger partial charge in [-0.15, -0.1) is 0 Å². The molecule has 0 aliphatic carbocycles. The largest absolute Gasteiger partial charge is 0.387 e. The van der Waals surface area contributed by atoms with E-state index < -0.39 is 6.10 Å². The average Bonchev–Trinajstić information content (AvgIpc) is 2.84. The van der Waals surface area contributed by atoms with Crippen LogP contribution in [0.4, 0.5) is 0 Å². The van der Waals surface area contributed by atoms with Crippen molar-refractivity contribution in [3.8, 4) is 6.07 Å². The van der Waals surface area contributed by atoms with E-state index in [-0.39, 0.29) is 0 Å². The van der Waals surface area contributed by atoms with Crippen molar-refractivity contribution in [1.82, 2.24) is 15.5 Å². The van der Waals surface area contributed by atoms with E-state index in [0.717, 1.165) is 5.56 Å². The van der Waals surface area contributed by atoms with E-state index in [1.807, 2.05) is 6.07 Å². The second-order valence-corrected chi connectivity index (χ2v) is 4.12. The molecule has 0 amide bonds. The van der Waals surface area contributed by atoms with Crippen LogP contribution in [0.1, 0.15) is 28.9 Å². The first kappa shape index (κ1) is 13.2. The molecule has 2 rings (SSSR count). The molecule has 0 aliphatic rings. The second kappa shape index (κ2) is 6.09. The molecule has 2 aromatic rings. The topological polar surface area (TPSA) is 95.0 Å². The van der Waals surface area contributed by atoms with Crippen molar-refractivity contribution >= 4 is 0 Å². The molecule has 0 spiro atoms. The van der Waals surface area contributed by atoms with E-state index in [2.05, 4.69) is 15.5 Å². The van der Waals surface area contributed by atoms with Crippen LogP contribution in [0.3, 0.4) is 0 Å². The van der Waals surface area contributed by atoms with Gasteiger partial charge in [0.15, 0.2) is 5.82 Å². The highest BCUT2D eigenvalue weighted by molar-refractivity contribution is 5.32. The zero-order valence-electron chi connectivity index (χ0n) is 10.5. The van der Waals surface area contributed by atoms with Gasteiger partial charge in [-0.1, -0.05) is 17.3 Å². The molecular weight excluding hydrogens is 244 g/mol. The van der Waals surface area contributed by atoms with Gasteiger partial charge >= 0.3 is 0 Å². The maximum atomic E-state index is 9.96. The lowest BCUT2D eigenvalue weighted by atomic mass is 10.1. The molecule has 1 aromatic carbocycles. The Bertz CT molecular complexity index is 571. The number of benzene rings is 1. The van der Waals surface area contributed by atoms with Gasteiger partial charge in [-0.3, -0.25) is 0 Å². The SMILES string of the molecule is Cc1noc(CNCC(O)c2ccc(C#N)cc2)n1. The highest BCUT2D eigenvalue weighted by atomic mass is 16.5. The summed E-state index contributed by atoms with van der Waals surface area (Å²) in [5.74, 6) is 1.08. The van der Waals surface area contributed by atoms with Gasteiger partial charge in [-0.25, -0.2) is 0 Å². The third-order valence-corrected chi connectivity index (χ3v) is 2.61. The quantitative estimate of drug-likeness (QED) is 0.833. The number of nitrogens with zero attached hydrogens (tertiary/aromatic N) is 3. The zero-order chi connectivity index (χ0) is 13.7. The van der Waals surface area contributed by atoms with Crippen molar-refractivity contribution in [2.45, 2.75) is 19.6 Å². The fourth-order valence-corrected chi connectivity index (χ4v) is 1.63. The minimum absolute atomic E-state index is 0.368. The first-order valence-electron chi connectivity index (χ1n) is 5.87. The van der Waals surface area contributed by atoms with Crippen LogP contribution in [0.2, 0.25) is 0 Å². The van der Waals surface area contributed by atoms with Crippen LogP contribution >= 0.6 is 0 Å². The number of aliphatic hydroxyl groups is 1. The van der Waals surface area contributed by atoms with E-state index in [0.29, 0.717) is 30.4 Å². The molecule has 1 aromatic heterocycles. The lowest BCUT2D eigenvalue weighted by Crippen LogP contribution is -2.21. The van der Waals surface area contributed by atoms with Gasteiger partial charge in [0.25, 0.3) is 0 Å². The van der Waals surface area contributed by atoms with Gasteiger partial charge in [0, 0.05) is 6.54 Å². The molecular formula is C13H14N4O2. The molecule has 0 aliphatic heterocycles. The van der Waals surface area contributed by atoms with Gasteiger partial charge in [0.1, 0.15) is 0 Å². The molecule has 0 radical (unpaired) electrons. The van der Waals surface area contributed by atoms with Crippen molar-refractivity contribution in [2.75, 3.05) is 6.54 Å².